The lowest BCUT2D eigenvalue weighted by Gasteiger charge is -2.55. The molecule has 0 saturated heterocycles. The molecule has 4 nitrogen and oxygen atoms in total. The Hall–Kier alpha value is -2.27. The van der Waals surface area contributed by atoms with E-state index in [1.807, 2.05) is 30.0 Å². The zero-order valence-corrected chi connectivity index (χ0v) is 22.8. The number of fused-ring (bicyclic) bond motifs is 3. The topological polar surface area (TPSA) is 42.4 Å². The molecule has 1 aromatic heterocycles. The smallest absolute Gasteiger partial charge is 0.258 e. The molecule has 3 aromatic rings. The van der Waals surface area contributed by atoms with Gasteiger partial charge >= 0.3 is 0 Å². The lowest BCUT2D eigenvalue weighted by atomic mass is 9.51. The monoisotopic (exact) mass is 542 g/mol. The zero-order valence-electron chi connectivity index (χ0n) is 20.5. The molecular formula is C29H29Cl3N2O2. The highest BCUT2D eigenvalue weighted by atomic mass is 35.5. The lowest BCUT2D eigenvalue weighted by molar-refractivity contribution is 0.0441. The first kappa shape index (κ1) is 25.4. The van der Waals surface area contributed by atoms with Crippen molar-refractivity contribution in [2.24, 2.45) is 5.41 Å². The van der Waals surface area contributed by atoms with Crippen molar-refractivity contribution < 1.29 is 9.53 Å². The molecular weight excluding hydrogens is 515 g/mol. The van der Waals surface area contributed by atoms with Crippen molar-refractivity contribution in [2.75, 3.05) is 18.6 Å². The van der Waals surface area contributed by atoms with Crippen LogP contribution in [-0.4, -0.2) is 24.5 Å². The number of carbonyl (C=O) groups is 1. The third-order valence-electron chi connectivity index (χ3n) is 8.31. The molecule has 1 heterocycles. The van der Waals surface area contributed by atoms with E-state index in [9.17, 15) is 4.79 Å². The molecule has 0 atom stereocenters. The zero-order chi connectivity index (χ0) is 25.5. The summed E-state index contributed by atoms with van der Waals surface area (Å²) in [7, 11) is 1.64. The van der Waals surface area contributed by atoms with Crippen molar-refractivity contribution >= 4 is 46.4 Å². The Balaban J connectivity index is 1.44. The highest BCUT2D eigenvalue weighted by Crippen LogP contribution is 2.58. The molecule has 1 amide bonds. The third kappa shape index (κ3) is 4.71. The second-order valence-corrected chi connectivity index (χ2v) is 11.6. The van der Waals surface area contributed by atoms with Gasteiger partial charge in [-0.05, 0) is 104 Å². The summed E-state index contributed by atoms with van der Waals surface area (Å²) in [6.07, 6.45) is 9.74. The van der Waals surface area contributed by atoms with Crippen molar-refractivity contribution in [3.8, 4) is 5.75 Å². The van der Waals surface area contributed by atoms with Crippen molar-refractivity contribution in [1.29, 1.82) is 0 Å². The van der Waals surface area contributed by atoms with E-state index >= 15 is 0 Å². The minimum atomic E-state index is -0.0491. The number of hydrogen-bond acceptors (Lipinski definition) is 3. The van der Waals surface area contributed by atoms with Gasteiger partial charge in [-0.25, -0.2) is 0 Å². The number of rotatable bonds is 6. The molecule has 6 rings (SSSR count). The number of ether oxygens (including phenoxy) is 1. The van der Waals surface area contributed by atoms with Crippen LogP contribution in [0.4, 0.5) is 5.69 Å². The molecule has 3 saturated carbocycles. The summed E-state index contributed by atoms with van der Waals surface area (Å²) < 4.78 is 5.36. The Kier molecular flexibility index (Phi) is 6.97. The molecule has 3 aliphatic carbocycles. The second-order valence-electron chi connectivity index (χ2n) is 10.3. The van der Waals surface area contributed by atoms with Crippen LogP contribution in [0, 0.1) is 12.3 Å². The predicted molar refractivity (Wildman–Crippen MR) is 147 cm³/mol. The van der Waals surface area contributed by atoms with Crippen molar-refractivity contribution in [2.45, 2.75) is 50.9 Å². The van der Waals surface area contributed by atoms with Crippen LogP contribution in [0.2, 0.25) is 15.1 Å². The van der Waals surface area contributed by atoms with Gasteiger partial charge in [0.05, 0.1) is 12.1 Å². The summed E-state index contributed by atoms with van der Waals surface area (Å²) in [6.45, 7) is 2.54. The summed E-state index contributed by atoms with van der Waals surface area (Å²) in [6, 6.07) is 13.4. The molecule has 3 fully saturated rings. The molecule has 2 bridgehead atoms. The summed E-state index contributed by atoms with van der Waals surface area (Å²) in [5.41, 5.74) is 3.69. The summed E-state index contributed by atoms with van der Waals surface area (Å²) >= 11 is 19.2. The Labute approximate surface area is 227 Å². The minimum Gasteiger partial charge on any atom is -0.495 e. The highest BCUT2D eigenvalue weighted by molar-refractivity contribution is 6.35. The Morgan fingerprint density at radius 2 is 1.64 bits per heavy atom. The Bertz CT molecular complexity index is 1260. The number of aromatic nitrogens is 1. The first-order chi connectivity index (χ1) is 17.2. The SMILES string of the molecule is COc1ccc(C23CCC(CN(C(=O)c4ccncc4C)c4cc(Cl)cc(Cl)c4)(CC2)CC3)cc1Cl. The van der Waals surface area contributed by atoms with E-state index in [-0.39, 0.29) is 16.7 Å². The maximum absolute atomic E-state index is 13.9. The van der Waals surface area contributed by atoms with E-state index < -0.39 is 0 Å². The molecule has 188 valence electrons. The molecule has 2 aromatic carbocycles. The van der Waals surface area contributed by atoms with Gasteiger partial charge in [0, 0.05) is 40.2 Å². The average Bonchev–Trinajstić information content (AvgIpc) is 2.88. The number of methoxy groups -OCH3 is 1. The Morgan fingerprint density at radius 1 is 0.972 bits per heavy atom. The van der Waals surface area contributed by atoms with Gasteiger partial charge in [-0.3, -0.25) is 9.78 Å². The van der Waals surface area contributed by atoms with Crippen LogP contribution in [-0.2, 0) is 5.41 Å². The van der Waals surface area contributed by atoms with Crippen LogP contribution in [0.3, 0.4) is 0 Å². The highest BCUT2D eigenvalue weighted by Gasteiger charge is 2.50. The fourth-order valence-corrected chi connectivity index (χ4v) is 6.87. The van der Waals surface area contributed by atoms with Crippen molar-refractivity contribution in [1.82, 2.24) is 4.98 Å². The molecule has 0 spiro atoms. The standard InChI is InChI=1S/C29H29Cl3N2O2/c1-19-17-33-12-5-24(19)27(35)34(23-15-21(30)14-22(31)16-23)18-28-6-9-29(10-7-28,11-8-28)20-3-4-26(36-2)25(32)13-20/h3-5,12-17H,6-11,18H2,1-2H3. The molecule has 0 radical (unpaired) electrons. The van der Waals surface area contributed by atoms with Gasteiger partial charge in [-0.1, -0.05) is 40.9 Å². The fourth-order valence-electron chi connectivity index (χ4n) is 6.10. The quantitative estimate of drug-likeness (QED) is 0.314. The number of amides is 1. The van der Waals surface area contributed by atoms with Gasteiger partial charge in [0.15, 0.2) is 0 Å². The number of halogens is 3. The largest absolute Gasteiger partial charge is 0.495 e. The maximum atomic E-state index is 13.9. The molecule has 3 aliphatic rings. The number of anilines is 1. The predicted octanol–water partition coefficient (Wildman–Crippen LogP) is 8.30. The first-order valence-electron chi connectivity index (χ1n) is 12.3. The van der Waals surface area contributed by atoms with Gasteiger partial charge < -0.3 is 9.64 Å². The second kappa shape index (κ2) is 9.89. The van der Waals surface area contributed by atoms with Crippen LogP contribution < -0.4 is 9.64 Å². The third-order valence-corrected chi connectivity index (χ3v) is 9.05. The summed E-state index contributed by atoms with van der Waals surface area (Å²) in [5.74, 6) is 0.658. The fraction of sp³-hybridized carbons (Fsp3) is 0.379. The molecule has 7 heteroatoms. The van der Waals surface area contributed by atoms with Crippen LogP contribution in [0.1, 0.15) is 60.0 Å². The van der Waals surface area contributed by atoms with E-state index in [0.29, 0.717) is 32.9 Å². The maximum Gasteiger partial charge on any atom is 0.258 e. The lowest BCUT2D eigenvalue weighted by Crippen LogP contribution is -2.50. The van der Waals surface area contributed by atoms with Gasteiger partial charge in [-0.15, -0.1) is 0 Å². The van der Waals surface area contributed by atoms with E-state index in [2.05, 4.69) is 17.1 Å². The Morgan fingerprint density at radius 3 is 2.22 bits per heavy atom. The summed E-state index contributed by atoms with van der Waals surface area (Å²) in [5, 5.41) is 1.69. The van der Waals surface area contributed by atoms with Gasteiger partial charge in [0.2, 0.25) is 0 Å². The van der Waals surface area contributed by atoms with Crippen LogP contribution in [0.15, 0.2) is 54.9 Å². The van der Waals surface area contributed by atoms with Crippen molar-refractivity contribution in [3.05, 3.63) is 86.6 Å². The number of nitrogens with zero attached hydrogens (tertiary/aromatic N) is 2. The van der Waals surface area contributed by atoms with Crippen LogP contribution in [0.5, 0.6) is 5.75 Å². The van der Waals surface area contributed by atoms with Crippen LogP contribution in [0.25, 0.3) is 0 Å². The first-order valence-corrected chi connectivity index (χ1v) is 13.4. The van der Waals surface area contributed by atoms with Crippen molar-refractivity contribution in [3.63, 3.8) is 0 Å². The number of aryl methyl sites for hydroxylation is 1. The number of pyridine rings is 1. The van der Waals surface area contributed by atoms with E-state index in [1.165, 1.54) is 5.56 Å². The number of hydrogen-bond donors (Lipinski definition) is 0. The van der Waals surface area contributed by atoms with E-state index in [4.69, 9.17) is 39.5 Å². The molecule has 36 heavy (non-hydrogen) atoms. The van der Waals surface area contributed by atoms with Gasteiger partial charge in [0.25, 0.3) is 5.91 Å². The molecule has 0 N–H and O–H groups in total. The summed E-state index contributed by atoms with van der Waals surface area (Å²) in [4.78, 5) is 19.9. The number of benzene rings is 2. The minimum absolute atomic E-state index is 0.0450. The molecule has 0 aliphatic heterocycles. The molecule has 0 unspecified atom stereocenters. The van der Waals surface area contributed by atoms with Gasteiger partial charge in [0.1, 0.15) is 5.75 Å². The van der Waals surface area contributed by atoms with Crippen LogP contribution >= 0.6 is 34.8 Å². The van der Waals surface area contributed by atoms with E-state index in [1.54, 1.807) is 31.6 Å². The number of carbonyl (C=O) groups excluding carboxylic acids is 1. The average molecular weight is 544 g/mol. The van der Waals surface area contributed by atoms with Gasteiger partial charge in [-0.2, -0.15) is 0 Å². The van der Waals surface area contributed by atoms with E-state index in [0.717, 1.165) is 49.8 Å². The normalized spacial score (nSPS) is 22.9.